The van der Waals surface area contributed by atoms with Crippen molar-refractivity contribution in [2.45, 2.75) is 179 Å². The Balaban J connectivity index is 0.0000000997. The lowest BCUT2D eigenvalue weighted by Gasteiger charge is -2.25. The minimum absolute atomic E-state index is 0.147. The van der Waals surface area contributed by atoms with E-state index in [2.05, 4.69) is 214 Å². The minimum Gasteiger partial charge on any atom is -0.260 e. The molecule has 8 aromatic heterocycles. The van der Waals surface area contributed by atoms with Gasteiger partial charge in [-0.15, -0.1) is 0 Å². The number of aromatic nitrogens is 8. The van der Waals surface area contributed by atoms with Crippen molar-refractivity contribution in [1.29, 1.82) is 0 Å². The first kappa shape index (κ1) is 63.5. The Morgan fingerprint density at radius 1 is 0.250 bits per heavy atom. The van der Waals surface area contributed by atoms with Gasteiger partial charge in [0, 0.05) is 116 Å². The third-order valence-corrected chi connectivity index (χ3v) is 24.4. The number of nitrogens with zero attached hydrogens (tertiary/aromatic N) is 8. The lowest BCUT2D eigenvalue weighted by Crippen LogP contribution is -2.21. The van der Waals surface area contributed by atoms with E-state index < -0.39 is 0 Å². The van der Waals surface area contributed by atoms with Gasteiger partial charge in [-0.1, -0.05) is 113 Å². The molecule has 100 heavy (non-hydrogen) atoms. The summed E-state index contributed by atoms with van der Waals surface area (Å²) in [5.41, 5.74) is 40.9. The Morgan fingerprint density at radius 3 is 0.840 bits per heavy atom. The molecule has 0 N–H and O–H groups in total. The number of benzene rings is 4. The summed E-state index contributed by atoms with van der Waals surface area (Å²) in [6.45, 7) is 15.3. The van der Waals surface area contributed by atoms with Crippen LogP contribution in [0.25, 0.3) is 89.5 Å². The second-order valence-corrected chi connectivity index (χ2v) is 30.2. The summed E-state index contributed by atoms with van der Waals surface area (Å²) in [7, 11) is 0. The highest BCUT2D eigenvalue weighted by molar-refractivity contribution is 5.89. The number of aryl methyl sites for hydroxylation is 7. The van der Waals surface area contributed by atoms with Crippen LogP contribution in [0.15, 0.2) is 201 Å². The van der Waals surface area contributed by atoms with Gasteiger partial charge in [-0.2, -0.15) is 0 Å². The molecule has 496 valence electrons. The molecule has 4 fully saturated rings. The minimum atomic E-state index is 0.147. The number of hydrogen-bond acceptors (Lipinski definition) is 8. The molecular weight excluding hydrogens is 1220 g/mol. The maximum Gasteiger partial charge on any atom is 0.0707 e. The smallest absolute Gasteiger partial charge is 0.0707 e. The molecule has 12 aromatic rings. The molecule has 0 aliphatic heterocycles. The maximum atomic E-state index is 4.85. The topological polar surface area (TPSA) is 103 Å². The zero-order chi connectivity index (χ0) is 67.9. The van der Waals surface area contributed by atoms with Crippen LogP contribution in [-0.2, 0) is 28.1 Å². The normalized spacial score (nSPS) is 16.9. The van der Waals surface area contributed by atoms with Gasteiger partial charge in [-0.25, -0.2) is 0 Å². The van der Waals surface area contributed by atoms with E-state index in [0.29, 0.717) is 0 Å². The molecule has 8 heterocycles. The van der Waals surface area contributed by atoms with E-state index in [1.54, 1.807) is 0 Å². The highest BCUT2D eigenvalue weighted by atomic mass is 14.8. The number of rotatable bonds is 5. The molecule has 0 unspecified atom stereocenters. The lowest BCUT2D eigenvalue weighted by atomic mass is 9.78. The summed E-state index contributed by atoms with van der Waals surface area (Å²) in [4.78, 5) is 37.8. The van der Waals surface area contributed by atoms with E-state index in [4.69, 9.17) is 19.9 Å². The van der Waals surface area contributed by atoms with Crippen molar-refractivity contribution in [3.63, 3.8) is 0 Å². The van der Waals surface area contributed by atoms with Gasteiger partial charge in [0.2, 0.25) is 0 Å². The molecule has 0 bridgehead atoms. The molecule has 8 aliphatic rings. The summed E-state index contributed by atoms with van der Waals surface area (Å²) in [6, 6.07) is 55.3. The van der Waals surface area contributed by atoms with Crippen LogP contribution in [0.2, 0.25) is 0 Å². The Bertz CT molecular complexity index is 5010. The summed E-state index contributed by atoms with van der Waals surface area (Å²) in [5, 5.41) is 0. The number of pyridine rings is 8. The van der Waals surface area contributed by atoms with E-state index in [1.165, 1.54) is 253 Å². The van der Waals surface area contributed by atoms with Crippen LogP contribution < -0.4 is 0 Å². The first-order valence-corrected chi connectivity index (χ1v) is 37.1. The van der Waals surface area contributed by atoms with E-state index in [1.807, 2.05) is 55.6 Å². The van der Waals surface area contributed by atoms with Crippen LogP contribution in [0, 0.1) is 41.5 Å². The van der Waals surface area contributed by atoms with Gasteiger partial charge in [0.15, 0.2) is 0 Å². The Labute approximate surface area is 590 Å². The molecule has 8 aliphatic carbocycles. The van der Waals surface area contributed by atoms with Crippen LogP contribution in [0.1, 0.15) is 194 Å². The monoisotopic (exact) mass is 1300 g/mol. The number of hydrogen-bond donors (Lipinski definition) is 0. The summed E-state index contributed by atoms with van der Waals surface area (Å²) < 4.78 is 0. The zero-order valence-corrected chi connectivity index (χ0v) is 59.2. The highest BCUT2D eigenvalue weighted by Crippen LogP contribution is 2.61. The van der Waals surface area contributed by atoms with Gasteiger partial charge in [-0.3, -0.25) is 39.9 Å². The zero-order valence-electron chi connectivity index (χ0n) is 59.2. The molecule has 4 saturated carbocycles. The Morgan fingerprint density at radius 2 is 0.540 bits per heavy atom. The van der Waals surface area contributed by atoms with Gasteiger partial charge in [0.05, 0.1) is 45.6 Å². The van der Waals surface area contributed by atoms with Crippen LogP contribution in [-0.4, -0.2) is 39.9 Å². The van der Waals surface area contributed by atoms with Gasteiger partial charge in [0.1, 0.15) is 0 Å². The molecule has 8 nitrogen and oxygen atoms in total. The maximum absolute atomic E-state index is 4.85. The van der Waals surface area contributed by atoms with Crippen molar-refractivity contribution >= 4 is 0 Å². The molecule has 8 heteroatoms. The van der Waals surface area contributed by atoms with Crippen molar-refractivity contribution in [2.24, 2.45) is 0 Å². The van der Waals surface area contributed by atoms with E-state index in [0.717, 1.165) is 29.2 Å². The standard InChI is InChI=1S/C24H24N2.2C23H22N2.C22H20N2/c1-3-17-8-12-25-22(14-17)19-15-20-18-7-6-11-26-23(18)24(9-4-5-10-24)21(20)13-16(19)2;2*1-15-7-11-24-21(12-15)18-14-19-17-6-5-10-25-22(17)23(8-3-4-9-23)20(19)13-16(18)2;1-15-13-19-18(14-17(15)20-8-2-5-11-23-20)16-7-6-12-24-21(16)22(19)9-3-4-10-22/h6-8,11-15H,3-5,9-10H2,1-2H3;2*5-7,10-14H,3-4,8-9H2,1-2H3;2,5-8,11-14H,3-4,9-10H2,1H3. The molecule has 4 aromatic carbocycles. The summed E-state index contributed by atoms with van der Waals surface area (Å²) in [6.07, 6.45) is 36.7. The fraction of sp³-hybridized carbons (Fsp3) is 0.304. The lowest BCUT2D eigenvalue weighted by molar-refractivity contribution is 0.533. The van der Waals surface area contributed by atoms with Crippen LogP contribution in [0.3, 0.4) is 0 Å². The van der Waals surface area contributed by atoms with Crippen molar-refractivity contribution in [3.05, 3.63) is 285 Å². The van der Waals surface area contributed by atoms with Gasteiger partial charge < -0.3 is 0 Å². The second kappa shape index (κ2) is 25.4. The molecule has 0 amide bonds. The van der Waals surface area contributed by atoms with Crippen molar-refractivity contribution in [3.8, 4) is 89.5 Å². The molecule has 0 atom stereocenters. The van der Waals surface area contributed by atoms with E-state index in [9.17, 15) is 0 Å². The molecule has 0 saturated heterocycles. The number of fused-ring (bicyclic) bond motifs is 20. The van der Waals surface area contributed by atoms with Gasteiger partial charge in [-0.05, 0) is 280 Å². The summed E-state index contributed by atoms with van der Waals surface area (Å²) >= 11 is 0. The second-order valence-electron chi connectivity index (χ2n) is 30.2. The molecule has 4 spiro atoms. The van der Waals surface area contributed by atoms with Crippen LogP contribution in [0.5, 0.6) is 0 Å². The van der Waals surface area contributed by atoms with Crippen LogP contribution >= 0.6 is 0 Å². The molecular formula is C92H88N8. The highest BCUT2D eigenvalue weighted by Gasteiger charge is 2.50. The predicted molar refractivity (Wildman–Crippen MR) is 406 cm³/mol. The van der Waals surface area contributed by atoms with Crippen molar-refractivity contribution in [2.75, 3.05) is 0 Å². The van der Waals surface area contributed by atoms with E-state index in [-0.39, 0.29) is 21.7 Å². The first-order valence-electron chi connectivity index (χ1n) is 37.1. The first-order chi connectivity index (χ1) is 48.9. The average Bonchev–Trinajstić information content (AvgIpc) is 1.58. The predicted octanol–water partition coefficient (Wildman–Crippen LogP) is 22.3. The van der Waals surface area contributed by atoms with Crippen molar-refractivity contribution < 1.29 is 0 Å². The molecule has 0 radical (unpaired) electrons. The fourth-order valence-corrected chi connectivity index (χ4v) is 19.6. The van der Waals surface area contributed by atoms with Crippen molar-refractivity contribution in [1.82, 2.24) is 39.9 Å². The average molecular weight is 1310 g/mol. The third-order valence-electron chi connectivity index (χ3n) is 24.4. The Hall–Kier alpha value is -9.92. The summed E-state index contributed by atoms with van der Waals surface area (Å²) in [5.74, 6) is 0. The molecule has 20 rings (SSSR count). The fourth-order valence-electron chi connectivity index (χ4n) is 19.6. The largest absolute Gasteiger partial charge is 0.260 e. The van der Waals surface area contributed by atoms with Crippen LogP contribution in [0.4, 0.5) is 0 Å². The van der Waals surface area contributed by atoms with E-state index >= 15 is 0 Å². The quantitative estimate of drug-likeness (QED) is 0.168. The van der Waals surface area contributed by atoms with Gasteiger partial charge >= 0.3 is 0 Å². The SMILES string of the molecule is CCc1ccnc(-c2cc3c(cc2C)C2(CCCC2)c2ncccc2-3)c1.Cc1cc2c(cc1-c1ccccn1)-c1cccnc1C21CCCC1.Cc1ccnc(-c2cc3c(cc2C)C2(CCCC2)c2ncccc2-3)c1.Cc1ccnc(-c2cc3c(cc2C)C2(CCCC2)c2ncccc2-3)c1. The Kier molecular flexibility index (Phi) is 16.1. The third kappa shape index (κ3) is 10.3. The van der Waals surface area contributed by atoms with Gasteiger partial charge in [0.25, 0.3) is 0 Å².